The maximum absolute atomic E-state index is 9.48. The fourth-order valence-electron chi connectivity index (χ4n) is 0. The molecule has 0 spiro atoms. The molecule has 2 nitrogen and oxygen atoms in total. The summed E-state index contributed by atoms with van der Waals surface area (Å²) in [6.45, 7) is 2.90. The van der Waals surface area contributed by atoms with Crippen molar-refractivity contribution in [3.8, 4) is 0 Å². The van der Waals surface area contributed by atoms with E-state index in [0.717, 1.165) is 20.6 Å². The van der Waals surface area contributed by atoms with Crippen LogP contribution in [0, 0.1) is 6.92 Å². The third kappa shape index (κ3) is 21.1. The molecule has 7 heavy (non-hydrogen) atoms. The summed E-state index contributed by atoms with van der Waals surface area (Å²) in [5.41, 5.74) is 0. The van der Waals surface area contributed by atoms with Gasteiger partial charge in [-0.2, -0.15) is 0 Å². The number of carbonyl (C=O) groups is 1. The summed E-state index contributed by atoms with van der Waals surface area (Å²) in [4.78, 5) is 9.48. The SMILES string of the molecule is [CH2]C(=O)OC.[S]=[Sn]. The Morgan fingerprint density at radius 2 is 2.00 bits per heavy atom. The van der Waals surface area contributed by atoms with Crippen molar-refractivity contribution < 1.29 is 9.53 Å². The van der Waals surface area contributed by atoms with Crippen LogP contribution in [0.3, 0.4) is 0 Å². The van der Waals surface area contributed by atoms with Gasteiger partial charge in [0.05, 0.1) is 14.0 Å². The molecule has 0 aromatic heterocycles. The summed E-state index contributed by atoms with van der Waals surface area (Å²) in [6, 6.07) is 0. The van der Waals surface area contributed by atoms with Crippen LogP contribution in [0.15, 0.2) is 0 Å². The van der Waals surface area contributed by atoms with Crippen molar-refractivity contribution in [1.82, 2.24) is 0 Å². The van der Waals surface area contributed by atoms with Crippen molar-refractivity contribution in [2.45, 2.75) is 0 Å². The Morgan fingerprint density at radius 1 is 1.86 bits per heavy atom. The molecule has 0 saturated heterocycles. The number of rotatable bonds is 0. The third-order valence-electron chi connectivity index (χ3n) is 0.228. The molecule has 0 aliphatic heterocycles. The summed E-state index contributed by atoms with van der Waals surface area (Å²) in [5, 5.41) is 0. The molecule has 3 radical (unpaired) electrons. The van der Waals surface area contributed by atoms with Gasteiger partial charge in [0.1, 0.15) is 0 Å². The molecule has 0 aliphatic rings. The van der Waals surface area contributed by atoms with Gasteiger partial charge in [0.25, 0.3) is 0 Å². The zero-order valence-electron chi connectivity index (χ0n) is 3.93. The summed E-state index contributed by atoms with van der Waals surface area (Å²) in [7, 11) is 5.46. The van der Waals surface area contributed by atoms with E-state index in [2.05, 4.69) is 21.0 Å². The van der Waals surface area contributed by atoms with Crippen molar-refractivity contribution in [1.29, 1.82) is 0 Å². The summed E-state index contributed by atoms with van der Waals surface area (Å²) < 4.78 is 4.00. The Kier molecular flexibility index (Phi) is 14.5. The number of carbonyl (C=O) groups excluding carboxylic acids is 1. The summed E-state index contributed by atoms with van der Waals surface area (Å²) in [6.07, 6.45) is 0. The van der Waals surface area contributed by atoms with Crippen LogP contribution in [0.25, 0.3) is 0 Å². The van der Waals surface area contributed by atoms with E-state index in [0.29, 0.717) is 0 Å². The minimum absolute atomic E-state index is 0.495. The molecule has 0 unspecified atom stereocenters. The Balaban J connectivity index is 0. The molecule has 0 atom stereocenters. The second kappa shape index (κ2) is 9.70. The number of ether oxygens (including phenoxy) is 1. The van der Waals surface area contributed by atoms with Crippen molar-refractivity contribution in [3.63, 3.8) is 0 Å². The van der Waals surface area contributed by atoms with E-state index in [1.807, 2.05) is 0 Å². The zero-order chi connectivity index (χ0) is 6.28. The molecule has 0 rings (SSSR count). The molecule has 0 aromatic rings. The van der Waals surface area contributed by atoms with Gasteiger partial charge in [-0.05, 0) is 0 Å². The molecule has 0 heterocycles. The average molecular weight is 224 g/mol. The van der Waals surface area contributed by atoms with Gasteiger partial charge < -0.3 is 4.74 Å². The van der Waals surface area contributed by atoms with E-state index in [1.165, 1.54) is 7.11 Å². The fourth-order valence-corrected chi connectivity index (χ4v) is 0. The molecular formula is C3H5O2SSn. The van der Waals surface area contributed by atoms with Crippen LogP contribution in [0.4, 0.5) is 0 Å². The van der Waals surface area contributed by atoms with Crippen molar-refractivity contribution in [3.05, 3.63) is 6.92 Å². The first-order valence-electron chi connectivity index (χ1n) is 1.37. The summed E-state index contributed by atoms with van der Waals surface area (Å²) >= 11 is 1.13. The molecule has 0 bridgehead atoms. The number of esters is 1. The van der Waals surface area contributed by atoms with Crippen LogP contribution in [0.5, 0.6) is 0 Å². The van der Waals surface area contributed by atoms with Gasteiger partial charge in [-0.3, -0.25) is 4.79 Å². The number of hydrogen-bond acceptors (Lipinski definition) is 3. The third-order valence-corrected chi connectivity index (χ3v) is 0.228. The van der Waals surface area contributed by atoms with Gasteiger partial charge in [0.15, 0.2) is 0 Å². The predicted molar refractivity (Wildman–Crippen MR) is 30.7 cm³/mol. The van der Waals surface area contributed by atoms with Gasteiger partial charge >= 0.3 is 35.8 Å². The van der Waals surface area contributed by atoms with E-state index in [1.54, 1.807) is 0 Å². The Hall–Kier alpha value is 0.489. The van der Waals surface area contributed by atoms with E-state index in [9.17, 15) is 4.79 Å². The van der Waals surface area contributed by atoms with E-state index >= 15 is 0 Å². The van der Waals surface area contributed by atoms with Crippen LogP contribution >= 0.6 is 9.29 Å². The second-order valence-corrected chi connectivity index (χ2v) is 0.576. The van der Waals surface area contributed by atoms with Crippen LogP contribution in [-0.2, 0) is 9.53 Å². The first-order chi connectivity index (χ1) is 3.27. The Bertz CT molecular complexity index is 56.9. The van der Waals surface area contributed by atoms with Gasteiger partial charge in [0.2, 0.25) is 0 Å². The average Bonchev–Trinajstić information content (AvgIpc) is 1.73. The first kappa shape index (κ1) is 10.5. The monoisotopic (exact) mass is 225 g/mol. The Morgan fingerprint density at radius 3 is 2.00 bits per heavy atom. The van der Waals surface area contributed by atoms with Crippen LogP contribution in [0.1, 0.15) is 0 Å². The number of methoxy groups -OCH3 is 1. The van der Waals surface area contributed by atoms with E-state index < -0.39 is 5.97 Å². The summed E-state index contributed by atoms with van der Waals surface area (Å²) in [5.74, 6) is -0.495. The minimum atomic E-state index is -0.495. The van der Waals surface area contributed by atoms with Crippen molar-refractivity contribution in [2.75, 3.05) is 7.11 Å². The molecule has 0 N–H and O–H groups in total. The molecule has 39 valence electrons. The second-order valence-electron chi connectivity index (χ2n) is 0.576. The van der Waals surface area contributed by atoms with Crippen molar-refractivity contribution >= 4 is 35.8 Å². The first-order valence-corrected chi connectivity index (χ1v) is 5.28. The van der Waals surface area contributed by atoms with Gasteiger partial charge in [-0.15, -0.1) is 0 Å². The van der Waals surface area contributed by atoms with Gasteiger partial charge in [-0.25, -0.2) is 0 Å². The van der Waals surface area contributed by atoms with E-state index in [-0.39, 0.29) is 0 Å². The van der Waals surface area contributed by atoms with Crippen LogP contribution in [0.2, 0.25) is 0 Å². The maximum atomic E-state index is 9.48. The molecule has 0 fully saturated rings. The molecule has 0 amide bonds. The topological polar surface area (TPSA) is 26.3 Å². The van der Waals surface area contributed by atoms with Gasteiger partial charge in [-0.1, -0.05) is 0 Å². The Labute approximate surface area is 59.5 Å². The zero-order valence-corrected chi connectivity index (χ0v) is 7.60. The van der Waals surface area contributed by atoms with Gasteiger partial charge in [0, 0.05) is 0 Å². The van der Waals surface area contributed by atoms with Crippen LogP contribution < -0.4 is 0 Å². The number of hydrogen-bond donors (Lipinski definition) is 0. The standard InChI is InChI=1S/C3H5O2.S.Sn/c1-3(4)5-2;;/h1H2,2H3;;. The molecule has 0 saturated carbocycles. The molecule has 4 heteroatoms. The quantitative estimate of drug-likeness (QED) is 0.436. The fraction of sp³-hybridized carbons (Fsp3) is 0.333. The normalized spacial score (nSPS) is 5.43. The van der Waals surface area contributed by atoms with E-state index in [4.69, 9.17) is 0 Å². The molecular weight excluding hydrogens is 219 g/mol. The predicted octanol–water partition coefficient (Wildman–Crippen LogP) is 0.261. The van der Waals surface area contributed by atoms with Crippen molar-refractivity contribution in [2.24, 2.45) is 0 Å². The van der Waals surface area contributed by atoms with Crippen LogP contribution in [-0.4, -0.2) is 33.7 Å². The molecule has 0 aromatic carbocycles. The molecule has 0 aliphatic carbocycles.